The van der Waals surface area contributed by atoms with Gasteiger partial charge in [-0.05, 0) is 36.5 Å². The van der Waals surface area contributed by atoms with E-state index in [2.05, 4.69) is 0 Å². The van der Waals surface area contributed by atoms with Crippen molar-refractivity contribution in [1.82, 2.24) is 0 Å². The van der Waals surface area contributed by atoms with E-state index < -0.39 is 16.7 Å². The Kier molecular flexibility index (Phi) is 3.97. The lowest BCUT2D eigenvalue weighted by Crippen LogP contribution is -2.26. The Morgan fingerprint density at radius 1 is 1.28 bits per heavy atom. The number of amides is 1. The van der Waals surface area contributed by atoms with E-state index in [1.165, 1.54) is 0 Å². The molecule has 1 unspecified atom stereocenters. The van der Waals surface area contributed by atoms with Gasteiger partial charge in [0.2, 0.25) is 0 Å². The molecule has 18 heavy (non-hydrogen) atoms. The number of hydrogen-bond acceptors (Lipinski definition) is 3. The molecule has 0 radical (unpaired) electrons. The molecule has 2 rings (SSSR count). The number of carbonyl (C=O) groups is 1. The minimum absolute atomic E-state index is 0.0871. The van der Waals surface area contributed by atoms with Crippen molar-refractivity contribution in [1.29, 1.82) is 0 Å². The Labute approximate surface area is 110 Å². The molecule has 0 aliphatic heterocycles. The highest BCUT2D eigenvalue weighted by Crippen LogP contribution is 2.38. The van der Waals surface area contributed by atoms with Crippen molar-refractivity contribution in [3.05, 3.63) is 45.0 Å². The van der Waals surface area contributed by atoms with Gasteiger partial charge in [-0.3, -0.25) is 10.1 Å². The van der Waals surface area contributed by atoms with Gasteiger partial charge in [0.15, 0.2) is 0 Å². The highest BCUT2D eigenvalue weighted by Gasteiger charge is 2.38. The fourth-order valence-electron chi connectivity index (χ4n) is 2.69. The topological polar surface area (TPSA) is 60.2 Å². The Bertz CT molecular complexity index is 452. The smallest absolute Gasteiger partial charge is 0.256 e. The molecule has 1 atom stereocenters. The van der Waals surface area contributed by atoms with Gasteiger partial charge in [0, 0.05) is 5.02 Å². The van der Waals surface area contributed by atoms with Gasteiger partial charge in [-0.25, -0.2) is 4.79 Å². The molecule has 96 valence electrons. The van der Waals surface area contributed by atoms with E-state index in [0.717, 1.165) is 25.7 Å². The lowest BCUT2D eigenvalue weighted by atomic mass is 9.84. The molecule has 0 spiro atoms. The third kappa shape index (κ3) is 2.70. The average Bonchev–Trinajstić information content (AvgIpc) is 2.85. The molecular weight excluding hydrogens is 254 g/mol. The van der Waals surface area contributed by atoms with Gasteiger partial charge in [0.05, 0.1) is 0 Å². The molecule has 1 aromatic carbocycles. The predicted molar refractivity (Wildman–Crippen MR) is 68.2 cm³/mol. The molecule has 1 fully saturated rings. The van der Waals surface area contributed by atoms with Crippen LogP contribution in [-0.2, 0) is 4.79 Å². The van der Waals surface area contributed by atoms with Crippen molar-refractivity contribution in [2.45, 2.75) is 31.6 Å². The van der Waals surface area contributed by atoms with Crippen molar-refractivity contribution >= 4 is 17.5 Å². The van der Waals surface area contributed by atoms with Gasteiger partial charge < -0.3 is 0 Å². The number of rotatable bonds is 3. The molecule has 1 aliphatic carbocycles. The first kappa shape index (κ1) is 13.0. The number of benzene rings is 1. The summed E-state index contributed by atoms with van der Waals surface area (Å²) in [7, 11) is 0. The fraction of sp³-hybridized carbons (Fsp3) is 0.462. The summed E-state index contributed by atoms with van der Waals surface area (Å²) >= 11 is 5.80. The molecule has 0 bridgehead atoms. The van der Waals surface area contributed by atoms with Crippen LogP contribution in [0, 0.1) is 16.0 Å². The minimum atomic E-state index is -0.899. The van der Waals surface area contributed by atoms with Crippen LogP contribution in [0.15, 0.2) is 24.3 Å². The molecule has 1 aromatic rings. The van der Waals surface area contributed by atoms with Crippen LogP contribution < -0.4 is 0 Å². The van der Waals surface area contributed by atoms with Gasteiger partial charge in [0.25, 0.3) is 0 Å². The van der Waals surface area contributed by atoms with Crippen molar-refractivity contribution in [2.75, 3.05) is 0 Å². The second-order valence-corrected chi connectivity index (χ2v) is 5.11. The maximum atomic E-state index is 11.8. The molecule has 0 aromatic heterocycles. The zero-order valence-corrected chi connectivity index (χ0v) is 10.6. The largest absolute Gasteiger partial charge is 0.452 e. The zero-order chi connectivity index (χ0) is 13.1. The summed E-state index contributed by atoms with van der Waals surface area (Å²) in [6.45, 7) is 0. The molecule has 1 saturated carbocycles. The molecule has 5 heteroatoms. The Balaban J connectivity index is 2.31. The summed E-state index contributed by atoms with van der Waals surface area (Å²) in [6, 6.07) is 6.78. The number of carbonyl (C=O) groups excluding carboxylic acids is 1. The van der Waals surface area contributed by atoms with Crippen LogP contribution in [0.25, 0.3) is 0 Å². The highest BCUT2D eigenvalue weighted by atomic mass is 35.5. The van der Waals surface area contributed by atoms with E-state index in [0.29, 0.717) is 10.6 Å². The maximum absolute atomic E-state index is 11.8. The van der Waals surface area contributed by atoms with Gasteiger partial charge in [0.1, 0.15) is 10.8 Å². The molecule has 1 aliphatic rings. The fourth-order valence-corrected chi connectivity index (χ4v) is 2.82. The Morgan fingerprint density at radius 3 is 2.33 bits per heavy atom. The van der Waals surface area contributed by atoms with E-state index in [1.807, 2.05) is 0 Å². The number of hydrogen-bond donors (Lipinski definition) is 0. The van der Waals surface area contributed by atoms with E-state index in [-0.39, 0.29) is 5.92 Å². The van der Waals surface area contributed by atoms with Gasteiger partial charge in [-0.15, -0.1) is 0 Å². The molecule has 1 amide bonds. The number of halogens is 1. The van der Waals surface area contributed by atoms with Crippen LogP contribution >= 0.6 is 11.6 Å². The lowest BCUT2D eigenvalue weighted by molar-refractivity contribution is -0.405. The summed E-state index contributed by atoms with van der Waals surface area (Å²) in [5.74, 6) is -1.44. The van der Waals surface area contributed by atoms with Crippen LogP contribution in [0.3, 0.4) is 0 Å². The van der Waals surface area contributed by atoms with Crippen LogP contribution in [0.4, 0.5) is 0 Å². The van der Waals surface area contributed by atoms with Crippen molar-refractivity contribution in [3.63, 3.8) is 0 Å². The summed E-state index contributed by atoms with van der Waals surface area (Å²) in [4.78, 5) is 21.8. The molecular formula is C13H14ClNO3. The summed E-state index contributed by atoms with van der Waals surface area (Å²) in [6.07, 6.45) is 3.85. The molecule has 0 N–H and O–H groups in total. The minimum Gasteiger partial charge on any atom is -0.256 e. The third-order valence-electron chi connectivity index (χ3n) is 3.55. The van der Waals surface area contributed by atoms with Crippen LogP contribution in [0.1, 0.15) is 37.2 Å². The van der Waals surface area contributed by atoms with E-state index in [4.69, 9.17) is 11.6 Å². The van der Waals surface area contributed by atoms with E-state index >= 15 is 0 Å². The third-order valence-corrected chi connectivity index (χ3v) is 3.80. The molecule has 0 saturated heterocycles. The van der Waals surface area contributed by atoms with Gasteiger partial charge in [-0.1, -0.05) is 36.6 Å². The van der Waals surface area contributed by atoms with Crippen LogP contribution in [0.5, 0.6) is 0 Å². The van der Waals surface area contributed by atoms with Crippen LogP contribution in [0.2, 0.25) is 5.02 Å². The van der Waals surface area contributed by atoms with Gasteiger partial charge in [-0.2, -0.15) is 0 Å². The predicted octanol–water partition coefficient (Wildman–Crippen LogP) is 3.42. The SMILES string of the molecule is O=C(C(c1ccc(Cl)cc1)C1CCCC1)[N+](=O)[O-]. The quantitative estimate of drug-likeness (QED) is 0.623. The normalized spacial score (nSPS) is 17.6. The monoisotopic (exact) mass is 267 g/mol. The second kappa shape index (κ2) is 5.48. The van der Waals surface area contributed by atoms with Crippen molar-refractivity contribution in [2.24, 2.45) is 5.92 Å². The van der Waals surface area contributed by atoms with E-state index in [9.17, 15) is 14.9 Å². The average molecular weight is 268 g/mol. The van der Waals surface area contributed by atoms with Crippen molar-refractivity contribution < 1.29 is 9.72 Å². The van der Waals surface area contributed by atoms with E-state index in [1.54, 1.807) is 24.3 Å². The number of nitrogens with zero attached hydrogens (tertiary/aromatic N) is 1. The molecule has 0 heterocycles. The maximum Gasteiger partial charge on any atom is 0.452 e. The lowest BCUT2D eigenvalue weighted by Gasteiger charge is -2.17. The Morgan fingerprint density at radius 2 is 1.83 bits per heavy atom. The summed E-state index contributed by atoms with van der Waals surface area (Å²) in [5.41, 5.74) is 0.702. The molecule has 4 nitrogen and oxygen atoms in total. The second-order valence-electron chi connectivity index (χ2n) is 4.67. The van der Waals surface area contributed by atoms with Crippen molar-refractivity contribution in [3.8, 4) is 0 Å². The standard InChI is InChI=1S/C13H14ClNO3/c14-11-7-5-10(6-8-11)12(13(16)15(17)18)9-3-1-2-4-9/h5-9,12H,1-4H2. The zero-order valence-electron chi connectivity index (χ0n) is 9.84. The highest BCUT2D eigenvalue weighted by molar-refractivity contribution is 6.30. The van der Waals surface area contributed by atoms with Crippen LogP contribution in [-0.4, -0.2) is 10.8 Å². The first-order valence-electron chi connectivity index (χ1n) is 6.03. The summed E-state index contributed by atoms with van der Waals surface area (Å²) in [5, 5.41) is 11.3. The summed E-state index contributed by atoms with van der Waals surface area (Å²) < 4.78 is 0. The number of nitro groups is 1. The first-order chi connectivity index (χ1) is 8.59. The van der Waals surface area contributed by atoms with Gasteiger partial charge >= 0.3 is 5.91 Å². The Hall–Kier alpha value is -1.42. The first-order valence-corrected chi connectivity index (χ1v) is 6.41.